The molecule has 1 nitrogen and oxygen atoms in total. The van der Waals surface area contributed by atoms with Gasteiger partial charge in [0.25, 0.3) is 0 Å². The zero-order chi connectivity index (χ0) is 9.94. The molecule has 0 amide bonds. The SMILES string of the molecule is C=CCCCCCCCC(=C)NC. The summed E-state index contributed by atoms with van der Waals surface area (Å²) < 4.78 is 0. The summed E-state index contributed by atoms with van der Waals surface area (Å²) in [6.45, 7) is 7.61. The quantitative estimate of drug-likeness (QED) is 0.423. The summed E-state index contributed by atoms with van der Waals surface area (Å²) in [5.41, 5.74) is 1.16. The van der Waals surface area contributed by atoms with Gasteiger partial charge in [-0.05, 0) is 25.7 Å². The standard InChI is InChI=1S/C12H23N/c1-4-5-6-7-8-9-10-11-12(2)13-3/h4,13H,1-2,5-11H2,3H3. The number of hydrogen-bond donors (Lipinski definition) is 1. The van der Waals surface area contributed by atoms with E-state index in [-0.39, 0.29) is 0 Å². The summed E-state index contributed by atoms with van der Waals surface area (Å²) in [7, 11) is 1.94. The number of unbranched alkanes of at least 4 members (excludes halogenated alkanes) is 5. The van der Waals surface area contributed by atoms with Crippen molar-refractivity contribution in [2.24, 2.45) is 0 Å². The van der Waals surface area contributed by atoms with E-state index in [2.05, 4.69) is 18.5 Å². The van der Waals surface area contributed by atoms with Gasteiger partial charge in [-0.15, -0.1) is 6.58 Å². The van der Waals surface area contributed by atoms with Crippen molar-refractivity contribution in [3.63, 3.8) is 0 Å². The lowest BCUT2D eigenvalue weighted by Crippen LogP contribution is -2.03. The Kier molecular flexibility index (Phi) is 8.85. The smallest absolute Gasteiger partial charge is 0.00310 e. The predicted molar refractivity (Wildman–Crippen MR) is 60.7 cm³/mol. The Labute approximate surface area is 82.9 Å². The van der Waals surface area contributed by atoms with Crippen LogP contribution in [0.5, 0.6) is 0 Å². The van der Waals surface area contributed by atoms with Crippen LogP contribution in [0.2, 0.25) is 0 Å². The molecule has 0 atom stereocenters. The molecule has 0 spiro atoms. The van der Waals surface area contributed by atoms with Crippen LogP contribution in [0.15, 0.2) is 24.9 Å². The van der Waals surface area contributed by atoms with E-state index in [4.69, 9.17) is 0 Å². The first kappa shape index (κ1) is 12.3. The van der Waals surface area contributed by atoms with E-state index in [1.54, 1.807) is 0 Å². The molecule has 0 saturated carbocycles. The monoisotopic (exact) mass is 181 g/mol. The van der Waals surface area contributed by atoms with Crippen molar-refractivity contribution >= 4 is 0 Å². The molecular formula is C12H23N. The zero-order valence-electron chi connectivity index (χ0n) is 8.94. The molecule has 1 heteroatoms. The minimum absolute atomic E-state index is 1.12. The van der Waals surface area contributed by atoms with Gasteiger partial charge in [0, 0.05) is 12.7 Å². The van der Waals surface area contributed by atoms with E-state index in [9.17, 15) is 0 Å². The van der Waals surface area contributed by atoms with Gasteiger partial charge < -0.3 is 5.32 Å². The minimum atomic E-state index is 1.12. The van der Waals surface area contributed by atoms with E-state index >= 15 is 0 Å². The first-order valence-electron chi connectivity index (χ1n) is 5.27. The summed E-state index contributed by atoms with van der Waals surface area (Å²) in [5.74, 6) is 0. The molecule has 13 heavy (non-hydrogen) atoms. The van der Waals surface area contributed by atoms with Crippen molar-refractivity contribution in [1.82, 2.24) is 5.32 Å². The van der Waals surface area contributed by atoms with E-state index < -0.39 is 0 Å². The molecule has 0 aromatic carbocycles. The molecule has 0 fully saturated rings. The normalized spacial score (nSPS) is 9.62. The van der Waals surface area contributed by atoms with Crippen molar-refractivity contribution in [1.29, 1.82) is 0 Å². The summed E-state index contributed by atoms with van der Waals surface area (Å²) in [4.78, 5) is 0. The fraction of sp³-hybridized carbons (Fsp3) is 0.667. The van der Waals surface area contributed by atoms with Gasteiger partial charge >= 0.3 is 0 Å². The molecule has 0 unspecified atom stereocenters. The highest BCUT2D eigenvalue weighted by molar-refractivity contribution is 4.88. The third kappa shape index (κ3) is 9.19. The van der Waals surface area contributed by atoms with Crippen LogP contribution in [0.25, 0.3) is 0 Å². The second-order valence-electron chi connectivity index (χ2n) is 3.45. The lowest BCUT2D eigenvalue weighted by molar-refractivity contribution is 0.610. The summed E-state index contributed by atoms with van der Waals surface area (Å²) in [6, 6.07) is 0. The van der Waals surface area contributed by atoms with Crippen molar-refractivity contribution in [2.75, 3.05) is 7.05 Å². The summed E-state index contributed by atoms with van der Waals surface area (Å²) in [5, 5.41) is 3.07. The third-order valence-electron chi connectivity index (χ3n) is 2.24. The summed E-state index contributed by atoms with van der Waals surface area (Å²) in [6.07, 6.45) is 10.9. The molecule has 0 radical (unpaired) electrons. The Morgan fingerprint density at radius 3 is 2.38 bits per heavy atom. The molecule has 0 aromatic rings. The maximum absolute atomic E-state index is 3.90. The van der Waals surface area contributed by atoms with E-state index in [0.29, 0.717) is 0 Å². The summed E-state index contributed by atoms with van der Waals surface area (Å²) >= 11 is 0. The van der Waals surface area contributed by atoms with Crippen LogP contribution >= 0.6 is 0 Å². The average molecular weight is 181 g/mol. The van der Waals surface area contributed by atoms with Gasteiger partial charge in [-0.25, -0.2) is 0 Å². The van der Waals surface area contributed by atoms with Gasteiger partial charge in [-0.1, -0.05) is 31.9 Å². The molecule has 1 N–H and O–H groups in total. The molecule has 76 valence electrons. The second-order valence-corrected chi connectivity index (χ2v) is 3.45. The average Bonchev–Trinajstić information content (AvgIpc) is 2.16. The van der Waals surface area contributed by atoms with Gasteiger partial charge in [-0.3, -0.25) is 0 Å². The maximum Gasteiger partial charge on any atom is 0.00310 e. The van der Waals surface area contributed by atoms with Crippen LogP contribution in [0.3, 0.4) is 0 Å². The molecule has 0 aliphatic rings. The molecule has 0 aliphatic carbocycles. The van der Waals surface area contributed by atoms with Crippen LogP contribution in [0, 0.1) is 0 Å². The first-order chi connectivity index (χ1) is 6.31. The van der Waals surface area contributed by atoms with E-state index in [1.807, 2.05) is 13.1 Å². The van der Waals surface area contributed by atoms with Crippen LogP contribution < -0.4 is 5.32 Å². The molecule has 0 bridgehead atoms. The number of rotatable bonds is 9. The first-order valence-corrected chi connectivity index (χ1v) is 5.27. The van der Waals surface area contributed by atoms with Crippen molar-refractivity contribution in [3.05, 3.63) is 24.9 Å². The Hall–Kier alpha value is -0.720. The van der Waals surface area contributed by atoms with Crippen LogP contribution in [-0.4, -0.2) is 7.05 Å². The van der Waals surface area contributed by atoms with Gasteiger partial charge in [0.05, 0.1) is 0 Å². The Balaban J connectivity index is 2.99. The van der Waals surface area contributed by atoms with Crippen LogP contribution in [-0.2, 0) is 0 Å². The third-order valence-corrected chi connectivity index (χ3v) is 2.24. The zero-order valence-corrected chi connectivity index (χ0v) is 8.94. The highest BCUT2D eigenvalue weighted by Crippen LogP contribution is 2.09. The lowest BCUT2D eigenvalue weighted by Gasteiger charge is -2.03. The largest absolute Gasteiger partial charge is 0.392 e. The molecule has 0 aromatic heterocycles. The fourth-order valence-corrected chi connectivity index (χ4v) is 1.28. The highest BCUT2D eigenvalue weighted by atomic mass is 14.8. The van der Waals surface area contributed by atoms with Gasteiger partial charge in [0.15, 0.2) is 0 Å². The Morgan fingerprint density at radius 1 is 1.15 bits per heavy atom. The predicted octanol–water partition coefficient (Wildman–Crippen LogP) is 3.64. The molecule has 0 heterocycles. The van der Waals surface area contributed by atoms with Crippen LogP contribution in [0.4, 0.5) is 0 Å². The van der Waals surface area contributed by atoms with Gasteiger partial charge in [-0.2, -0.15) is 0 Å². The highest BCUT2D eigenvalue weighted by Gasteiger charge is 1.92. The molecule has 0 saturated heterocycles. The van der Waals surface area contributed by atoms with Crippen molar-refractivity contribution in [3.8, 4) is 0 Å². The van der Waals surface area contributed by atoms with Crippen molar-refractivity contribution < 1.29 is 0 Å². The molecular weight excluding hydrogens is 158 g/mol. The number of nitrogens with one attached hydrogen (secondary N) is 1. The van der Waals surface area contributed by atoms with Gasteiger partial charge in [0.2, 0.25) is 0 Å². The van der Waals surface area contributed by atoms with E-state index in [0.717, 1.165) is 12.1 Å². The molecule has 0 aliphatic heterocycles. The molecule has 0 rings (SSSR count). The maximum atomic E-state index is 3.90. The lowest BCUT2D eigenvalue weighted by atomic mass is 10.1. The van der Waals surface area contributed by atoms with Crippen LogP contribution in [0.1, 0.15) is 44.9 Å². The number of allylic oxidation sites excluding steroid dienone is 2. The minimum Gasteiger partial charge on any atom is -0.392 e. The Bertz CT molecular complexity index is 138. The second kappa shape index (κ2) is 9.37. The van der Waals surface area contributed by atoms with Gasteiger partial charge in [0.1, 0.15) is 0 Å². The van der Waals surface area contributed by atoms with Crippen molar-refractivity contribution in [2.45, 2.75) is 44.9 Å². The number of hydrogen-bond acceptors (Lipinski definition) is 1. The Morgan fingerprint density at radius 2 is 1.77 bits per heavy atom. The topological polar surface area (TPSA) is 12.0 Å². The fourth-order valence-electron chi connectivity index (χ4n) is 1.28. The van der Waals surface area contributed by atoms with E-state index in [1.165, 1.54) is 38.5 Å².